The highest BCUT2D eigenvalue weighted by Gasteiger charge is 2.29. The summed E-state index contributed by atoms with van der Waals surface area (Å²) in [5.74, 6) is -0.218. The molecule has 17 heavy (non-hydrogen) atoms. The number of benzene rings is 1. The molecular formula is C12H15N3O2. The third kappa shape index (κ3) is 2.14. The average Bonchev–Trinajstić information content (AvgIpc) is 2.68. The van der Waals surface area contributed by atoms with Crippen molar-refractivity contribution in [1.82, 2.24) is 10.6 Å². The van der Waals surface area contributed by atoms with Gasteiger partial charge in [0.25, 0.3) is 5.91 Å². The van der Waals surface area contributed by atoms with Crippen LogP contribution in [0, 0.1) is 0 Å². The molecule has 1 aliphatic heterocycles. The van der Waals surface area contributed by atoms with E-state index < -0.39 is 0 Å². The molecule has 1 heterocycles. The van der Waals surface area contributed by atoms with Crippen LogP contribution in [0.25, 0.3) is 0 Å². The molecule has 0 bridgehead atoms. The number of nitrogens with one attached hydrogen (secondary N) is 2. The molecule has 1 aromatic carbocycles. The minimum absolute atomic E-state index is 0.0769. The Kier molecular flexibility index (Phi) is 3.10. The van der Waals surface area contributed by atoms with Crippen molar-refractivity contribution >= 4 is 17.6 Å². The van der Waals surface area contributed by atoms with Crippen molar-refractivity contribution < 1.29 is 9.59 Å². The van der Waals surface area contributed by atoms with Gasteiger partial charge in [-0.25, -0.2) is 9.69 Å². The van der Waals surface area contributed by atoms with Gasteiger partial charge in [-0.2, -0.15) is 0 Å². The number of rotatable bonds is 3. The second kappa shape index (κ2) is 4.55. The van der Waals surface area contributed by atoms with Gasteiger partial charge in [0.1, 0.15) is 0 Å². The molecular weight excluding hydrogens is 218 g/mol. The number of carbonyl (C=O) groups excluding carboxylic acids is 2. The first-order valence-electron chi connectivity index (χ1n) is 5.51. The number of imide groups is 1. The summed E-state index contributed by atoms with van der Waals surface area (Å²) in [6, 6.07) is 7.28. The standard InChI is InChI=1S/C12H15N3O2/c1-8(13-2)9-3-5-10(6-4-9)15-11(16)7-14-12(15)17/h3-6,8,13H,7H2,1-2H3,(H,14,17). The van der Waals surface area contributed by atoms with Crippen LogP contribution in [0.15, 0.2) is 24.3 Å². The number of hydrogen-bond acceptors (Lipinski definition) is 3. The molecule has 0 saturated carbocycles. The zero-order valence-electron chi connectivity index (χ0n) is 9.86. The highest BCUT2D eigenvalue weighted by atomic mass is 16.2. The fraction of sp³-hybridized carbons (Fsp3) is 0.333. The van der Waals surface area contributed by atoms with Gasteiger partial charge in [0.05, 0.1) is 12.2 Å². The Morgan fingerprint density at radius 2 is 1.94 bits per heavy atom. The van der Waals surface area contributed by atoms with Gasteiger partial charge in [-0.1, -0.05) is 12.1 Å². The van der Waals surface area contributed by atoms with Gasteiger partial charge in [0.15, 0.2) is 0 Å². The van der Waals surface area contributed by atoms with Gasteiger partial charge < -0.3 is 10.6 Å². The molecule has 1 aromatic rings. The third-order valence-corrected chi connectivity index (χ3v) is 2.93. The van der Waals surface area contributed by atoms with Crippen LogP contribution in [-0.2, 0) is 4.79 Å². The molecule has 0 aliphatic carbocycles. The summed E-state index contributed by atoms with van der Waals surface area (Å²) in [4.78, 5) is 24.1. The maximum Gasteiger partial charge on any atom is 0.329 e. The molecule has 1 atom stereocenters. The van der Waals surface area contributed by atoms with Crippen LogP contribution in [0.1, 0.15) is 18.5 Å². The van der Waals surface area contributed by atoms with E-state index in [0.29, 0.717) is 5.69 Å². The lowest BCUT2D eigenvalue weighted by Crippen LogP contribution is -2.30. The van der Waals surface area contributed by atoms with E-state index in [1.54, 1.807) is 12.1 Å². The van der Waals surface area contributed by atoms with Crippen LogP contribution in [0.2, 0.25) is 0 Å². The van der Waals surface area contributed by atoms with Gasteiger partial charge >= 0.3 is 6.03 Å². The summed E-state index contributed by atoms with van der Waals surface area (Å²) in [5.41, 5.74) is 1.72. The fourth-order valence-corrected chi connectivity index (χ4v) is 1.76. The van der Waals surface area contributed by atoms with E-state index in [-0.39, 0.29) is 24.5 Å². The number of nitrogens with zero attached hydrogens (tertiary/aromatic N) is 1. The number of carbonyl (C=O) groups is 2. The lowest BCUT2D eigenvalue weighted by Gasteiger charge is -2.15. The Morgan fingerprint density at radius 3 is 2.41 bits per heavy atom. The molecule has 1 unspecified atom stereocenters. The Morgan fingerprint density at radius 1 is 1.29 bits per heavy atom. The highest BCUT2D eigenvalue weighted by molar-refractivity contribution is 6.19. The van der Waals surface area contributed by atoms with Crippen LogP contribution in [0.4, 0.5) is 10.5 Å². The molecule has 1 saturated heterocycles. The highest BCUT2D eigenvalue weighted by Crippen LogP contribution is 2.20. The zero-order valence-corrected chi connectivity index (χ0v) is 9.86. The molecule has 2 rings (SSSR count). The summed E-state index contributed by atoms with van der Waals surface area (Å²) >= 11 is 0. The van der Waals surface area contributed by atoms with Crippen molar-refractivity contribution in [3.8, 4) is 0 Å². The maximum atomic E-state index is 11.5. The summed E-state index contributed by atoms with van der Waals surface area (Å²) in [5, 5.41) is 5.62. The van der Waals surface area contributed by atoms with Gasteiger partial charge in [0, 0.05) is 6.04 Å². The van der Waals surface area contributed by atoms with Crippen LogP contribution < -0.4 is 15.5 Å². The average molecular weight is 233 g/mol. The molecule has 2 N–H and O–H groups in total. The molecule has 0 radical (unpaired) electrons. The minimum Gasteiger partial charge on any atom is -0.328 e. The van der Waals surface area contributed by atoms with E-state index in [0.717, 1.165) is 10.5 Å². The Balaban J connectivity index is 2.23. The predicted octanol–water partition coefficient (Wildman–Crippen LogP) is 1.02. The maximum absolute atomic E-state index is 11.5. The summed E-state index contributed by atoms with van der Waals surface area (Å²) in [6.07, 6.45) is 0. The van der Waals surface area contributed by atoms with Crippen molar-refractivity contribution in [2.45, 2.75) is 13.0 Å². The summed E-state index contributed by atoms with van der Waals surface area (Å²) in [7, 11) is 1.88. The minimum atomic E-state index is -0.357. The topological polar surface area (TPSA) is 61.4 Å². The second-order valence-corrected chi connectivity index (χ2v) is 3.99. The van der Waals surface area contributed by atoms with Gasteiger partial charge in [0.2, 0.25) is 0 Å². The lowest BCUT2D eigenvalue weighted by atomic mass is 10.1. The van der Waals surface area contributed by atoms with Gasteiger partial charge in [-0.3, -0.25) is 4.79 Å². The Hall–Kier alpha value is -1.88. The zero-order chi connectivity index (χ0) is 12.4. The van der Waals surface area contributed by atoms with Crippen LogP contribution >= 0.6 is 0 Å². The smallest absolute Gasteiger partial charge is 0.328 e. The van der Waals surface area contributed by atoms with E-state index in [1.807, 2.05) is 26.1 Å². The van der Waals surface area contributed by atoms with Gasteiger partial charge in [-0.15, -0.1) is 0 Å². The summed E-state index contributed by atoms with van der Waals surface area (Å²) in [6.45, 7) is 2.12. The first-order valence-corrected chi connectivity index (χ1v) is 5.51. The molecule has 0 aromatic heterocycles. The Labute approximate surface area is 99.8 Å². The SMILES string of the molecule is CNC(C)c1ccc(N2C(=O)CNC2=O)cc1. The van der Waals surface area contributed by atoms with Crippen molar-refractivity contribution in [1.29, 1.82) is 0 Å². The van der Waals surface area contributed by atoms with Crippen LogP contribution in [-0.4, -0.2) is 25.5 Å². The summed E-state index contributed by atoms with van der Waals surface area (Å²) < 4.78 is 0. The van der Waals surface area contributed by atoms with E-state index in [2.05, 4.69) is 10.6 Å². The first kappa shape index (κ1) is 11.6. The second-order valence-electron chi connectivity index (χ2n) is 3.99. The fourth-order valence-electron chi connectivity index (χ4n) is 1.76. The number of hydrogen-bond donors (Lipinski definition) is 2. The van der Waals surface area contributed by atoms with Crippen molar-refractivity contribution in [2.75, 3.05) is 18.5 Å². The third-order valence-electron chi connectivity index (χ3n) is 2.93. The molecule has 0 spiro atoms. The van der Waals surface area contributed by atoms with E-state index in [1.165, 1.54) is 0 Å². The van der Waals surface area contributed by atoms with Gasteiger partial charge in [-0.05, 0) is 31.7 Å². The number of amides is 3. The van der Waals surface area contributed by atoms with Crippen molar-refractivity contribution in [3.63, 3.8) is 0 Å². The van der Waals surface area contributed by atoms with Crippen LogP contribution in [0.5, 0.6) is 0 Å². The Bertz CT molecular complexity index is 426. The van der Waals surface area contributed by atoms with E-state index in [9.17, 15) is 9.59 Å². The quantitative estimate of drug-likeness (QED) is 0.766. The molecule has 3 amide bonds. The molecule has 90 valence electrons. The van der Waals surface area contributed by atoms with Crippen molar-refractivity contribution in [2.24, 2.45) is 0 Å². The molecule has 1 aliphatic rings. The van der Waals surface area contributed by atoms with E-state index >= 15 is 0 Å². The number of urea groups is 1. The number of anilines is 1. The largest absolute Gasteiger partial charge is 0.329 e. The van der Waals surface area contributed by atoms with Crippen molar-refractivity contribution in [3.05, 3.63) is 29.8 Å². The normalized spacial score (nSPS) is 17.2. The van der Waals surface area contributed by atoms with Crippen LogP contribution in [0.3, 0.4) is 0 Å². The molecule has 5 nitrogen and oxygen atoms in total. The molecule has 1 fully saturated rings. The first-order chi connectivity index (χ1) is 8.13. The molecule has 5 heteroatoms. The predicted molar refractivity (Wildman–Crippen MR) is 64.8 cm³/mol. The monoisotopic (exact) mass is 233 g/mol. The lowest BCUT2D eigenvalue weighted by molar-refractivity contribution is -0.115. The van der Waals surface area contributed by atoms with E-state index in [4.69, 9.17) is 0 Å².